The highest BCUT2D eigenvalue weighted by Crippen LogP contribution is 2.36. The van der Waals surface area contributed by atoms with Crippen molar-refractivity contribution in [3.8, 4) is 33.4 Å². The highest BCUT2D eigenvalue weighted by atomic mass is 16.5. The summed E-state index contributed by atoms with van der Waals surface area (Å²) < 4.78 is 17.0. The number of carbonyl (C=O) groups is 6. The lowest BCUT2D eigenvalue weighted by atomic mass is 9.89. The Bertz CT molecular complexity index is 5290. The number of aryl methyl sites for hydroxylation is 2. The van der Waals surface area contributed by atoms with Gasteiger partial charge in [-0.2, -0.15) is 9.46 Å². The van der Waals surface area contributed by atoms with E-state index in [0.29, 0.717) is 55.6 Å². The van der Waals surface area contributed by atoms with E-state index < -0.39 is 17.8 Å². The zero-order valence-electron chi connectivity index (χ0n) is 61.3. The maximum atomic E-state index is 13.6. The molecule has 15 rings (SSSR count). The van der Waals surface area contributed by atoms with E-state index in [1.807, 2.05) is 101 Å². The summed E-state index contributed by atoms with van der Waals surface area (Å²) >= 11 is 0. The molecule has 7 aromatic heterocycles. The fourth-order valence-electron chi connectivity index (χ4n) is 15.5. The van der Waals surface area contributed by atoms with Crippen molar-refractivity contribution in [2.45, 2.75) is 89.8 Å². The van der Waals surface area contributed by atoms with Gasteiger partial charge in [0.15, 0.2) is 24.8 Å². The number of carbonyl (C=O) groups excluding carboxylic acids is 6. The summed E-state index contributed by atoms with van der Waals surface area (Å²) in [5.74, 6) is -2.62. The topological polar surface area (TPSA) is 281 Å². The highest BCUT2D eigenvalue weighted by Gasteiger charge is 2.43. The van der Waals surface area contributed by atoms with Crippen LogP contribution in [0.25, 0.3) is 65.8 Å². The van der Waals surface area contributed by atoms with E-state index >= 15 is 0 Å². The van der Waals surface area contributed by atoms with Gasteiger partial charge in [-0.25, -0.2) is 0 Å². The summed E-state index contributed by atoms with van der Waals surface area (Å²) in [5.41, 5.74) is 12.7. The molecule has 22 heteroatoms. The molecule has 6 atom stereocenters. The molecule has 22 nitrogen and oxygen atoms in total. The Balaban J connectivity index is 0.000000144. The van der Waals surface area contributed by atoms with Crippen molar-refractivity contribution < 1.29 is 52.4 Å². The molecule has 0 saturated carbocycles. The molecular weight excluding hydrogens is 1380 g/mol. The van der Waals surface area contributed by atoms with Crippen molar-refractivity contribution in [3.05, 3.63) is 291 Å². The molecule has 0 aliphatic carbocycles. The number of fused-ring (bicyclic) bond motifs is 3. The second-order valence-corrected chi connectivity index (χ2v) is 27.9. The highest BCUT2D eigenvalue weighted by molar-refractivity contribution is 5.98. The molecule has 3 amide bonds. The maximum absolute atomic E-state index is 13.6. The predicted octanol–water partition coefficient (Wildman–Crippen LogP) is 12.5. The van der Waals surface area contributed by atoms with Crippen LogP contribution in [-0.2, 0) is 47.9 Å². The molecule has 554 valence electrons. The molecule has 0 spiro atoms. The number of hydrogen-bond acceptors (Lipinski definition) is 15. The zero-order chi connectivity index (χ0) is 76.2. The van der Waals surface area contributed by atoms with Crippen molar-refractivity contribution in [3.63, 3.8) is 0 Å². The summed E-state index contributed by atoms with van der Waals surface area (Å²) in [6, 6.07) is 51.7. The van der Waals surface area contributed by atoms with Crippen LogP contribution in [0.5, 0.6) is 0 Å². The standard InChI is InChI=1S/2C30H29N3O4.C27H26N4O4/c1-20-26-18-21(5-6-24(26)11-14-31-20)19-27(30(35)37-2)28-4-3-15-33(28)29(34)25-9-7-22(8-10-25)23-12-16-32(36)17-13-23;1-19-25-16-20(5-6-22(25)13-14-31-19)17-26(30(36)37-2)27-4-3-15-33(27)29(35)23-9-7-21(8-10-23)24-11-12-28(34)32-18-24;1-35-27(33)23(16-22-15-21-8-11-28-17-24(21)29-22)25-3-2-12-31(25)26(32)20-6-4-18(5-7-20)19-9-13-30(34)14-10-19/h5-14,16-18,27-28H,3-4,15,19H2,1-2H3;5-14,16,18,26-27H,3-4,15,17H2,1-2H3,(H,32,34);4-11,13-15,17,23,25,29H,2-3,12,16H2,1H3. The van der Waals surface area contributed by atoms with E-state index in [2.05, 4.69) is 49.2 Å². The van der Waals surface area contributed by atoms with Crippen molar-refractivity contribution in [1.29, 1.82) is 0 Å². The molecule has 109 heavy (non-hydrogen) atoms. The second kappa shape index (κ2) is 33.8. The number of rotatable bonds is 18. The minimum Gasteiger partial charge on any atom is -0.619 e. The van der Waals surface area contributed by atoms with Crippen LogP contribution in [0.4, 0.5) is 0 Å². The van der Waals surface area contributed by atoms with Crippen molar-refractivity contribution in [2.24, 2.45) is 17.8 Å². The van der Waals surface area contributed by atoms with Gasteiger partial charge >= 0.3 is 17.9 Å². The van der Waals surface area contributed by atoms with E-state index in [1.165, 1.54) is 52.2 Å². The Morgan fingerprint density at radius 1 is 0.459 bits per heavy atom. The van der Waals surface area contributed by atoms with Crippen LogP contribution in [0.2, 0.25) is 0 Å². The van der Waals surface area contributed by atoms with Crippen LogP contribution < -0.4 is 15.0 Å². The number of esters is 3. The molecule has 6 unspecified atom stereocenters. The third-order valence-electron chi connectivity index (χ3n) is 21.3. The second-order valence-electron chi connectivity index (χ2n) is 27.9. The van der Waals surface area contributed by atoms with Gasteiger partial charge in [0.05, 0.1) is 50.8 Å². The molecule has 0 bridgehead atoms. The van der Waals surface area contributed by atoms with Crippen molar-refractivity contribution >= 4 is 68.1 Å². The van der Waals surface area contributed by atoms with Gasteiger partial charge in [0, 0.05) is 149 Å². The lowest BCUT2D eigenvalue weighted by Gasteiger charge is -2.30. The number of methoxy groups -OCH3 is 3. The molecule has 3 fully saturated rings. The van der Waals surface area contributed by atoms with Crippen LogP contribution in [0.3, 0.4) is 0 Å². The number of aromatic nitrogens is 7. The Morgan fingerprint density at radius 3 is 1.22 bits per heavy atom. The number of benzene rings is 5. The molecule has 3 saturated heterocycles. The summed E-state index contributed by atoms with van der Waals surface area (Å²) in [4.78, 5) is 115. The third kappa shape index (κ3) is 17.1. The average Bonchev–Trinajstić information content (AvgIpc) is 1.43. The van der Waals surface area contributed by atoms with E-state index in [-0.39, 0.29) is 59.3 Å². The number of nitrogens with one attached hydrogen (secondary N) is 2. The molecule has 12 aromatic rings. The monoisotopic (exact) mass is 1460 g/mol. The first-order valence-electron chi connectivity index (χ1n) is 36.6. The molecule has 3 aliphatic heterocycles. The Morgan fingerprint density at radius 2 is 0.835 bits per heavy atom. The Labute approximate surface area is 630 Å². The van der Waals surface area contributed by atoms with Gasteiger partial charge in [-0.05, 0) is 199 Å². The van der Waals surface area contributed by atoms with Gasteiger partial charge in [0.2, 0.25) is 5.56 Å². The first-order chi connectivity index (χ1) is 52.9. The summed E-state index contributed by atoms with van der Waals surface area (Å²) in [6.45, 7) is 5.74. The quantitative estimate of drug-likeness (QED) is 0.0349. The van der Waals surface area contributed by atoms with Gasteiger partial charge in [-0.1, -0.05) is 60.7 Å². The SMILES string of the molecule is COC(=O)C(Cc1cc2ccncc2[nH]1)C1CCCN1C(=O)c1ccc(-c2cc[n+]([O-])cc2)cc1.COC(=O)C(Cc1ccc2ccnc(C)c2c1)C1CCCN1C(=O)c1ccc(-c2cc[n+]([O-])cc2)cc1.COC(=O)C(Cc1ccc2ccnc(C)c2c1)C1CCCN1C(=O)c1ccc(-c2ccc(=O)[nH]c2)cc1. The number of pyridine rings is 6. The normalized spacial score (nSPS) is 16.2. The summed E-state index contributed by atoms with van der Waals surface area (Å²) in [5, 5.41) is 28.0. The summed E-state index contributed by atoms with van der Waals surface area (Å²) in [6.07, 6.45) is 20.7. The van der Waals surface area contributed by atoms with E-state index in [4.69, 9.17) is 14.2 Å². The van der Waals surface area contributed by atoms with Gasteiger partial charge in [-0.15, -0.1) is 0 Å². The maximum Gasteiger partial charge on any atom is 0.311 e. The number of hydrogen-bond donors (Lipinski definition) is 2. The van der Waals surface area contributed by atoms with Crippen molar-refractivity contribution in [2.75, 3.05) is 41.0 Å². The number of likely N-dealkylation sites (tertiary alicyclic amines) is 3. The number of aromatic amines is 2. The zero-order valence-corrected chi connectivity index (χ0v) is 61.3. The average molecular weight is 1460 g/mol. The Kier molecular flexibility index (Phi) is 23.1. The Hall–Kier alpha value is -12.7. The van der Waals surface area contributed by atoms with Crippen LogP contribution in [0.15, 0.2) is 230 Å². The van der Waals surface area contributed by atoms with Crippen molar-refractivity contribution in [1.82, 2.24) is 39.6 Å². The molecule has 3 aliphatic rings. The fourth-order valence-corrected chi connectivity index (χ4v) is 15.5. The smallest absolute Gasteiger partial charge is 0.311 e. The molecule has 2 N–H and O–H groups in total. The van der Waals surface area contributed by atoms with Gasteiger partial charge in [-0.3, -0.25) is 48.5 Å². The minimum atomic E-state index is -0.477. The van der Waals surface area contributed by atoms with Crippen LogP contribution in [0.1, 0.15) is 97.8 Å². The molecule has 0 radical (unpaired) electrons. The largest absolute Gasteiger partial charge is 0.619 e. The van der Waals surface area contributed by atoms with Crippen LogP contribution >= 0.6 is 0 Å². The van der Waals surface area contributed by atoms with Crippen LogP contribution in [-0.4, -0.2) is 134 Å². The number of H-pyrrole nitrogens is 2. The van der Waals surface area contributed by atoms with E-state index in [1.54, 1.807) is 97.7 Å². The first kappa shape index (κ1) is 74.5. The first-order valence-corrected chi connectivity index (χ1v) is 36.6. The lowest BCUT2D eigenvalue weighted by Crippen LogP contribution is -2.44. The predicted molar refractivity (Wildman–Crippen MR) is 413 cm³/mol. The number of ether oxygens (including phenoxy) is 3. The molecule has 10 heterocycles. The lowest BCUT2D eigenvalue weighted by molar-refractivity contribution is -0.605. The van der Waals surface area contributed by atoms with E-state index in [9.17, 15) is 44.0 Å². The minimum absolute atomic E-state index is 0.0908. The molecular formula is C87H84N10O12. The third-order valence-corrected chi connectivity index (χ3v) is 21.3. The fraction of sp³-hybridized carbons (Fsp3) is 0.264. The number of amides is 3. The van der Waals surface area contributed by atoms with Gasteiger partial charge in [0.1, 0.15) is 0 Å². The molecule has 5 aromatic carbocycles. The van der Waals surface area contributed by atoms with E-state index in [0.717, 1.165) is 142 Å². The van der Waals surface area contributed by atoms with Gasteiger partial charge in [0.25, 0.3) is 17.7 Å². The summed E-state index contributed by atoms with van der Waals surface area (Å²) in [7, 11) is 4.20. The number of nitrogens with zero attached hydrogens (tertiary/aromatic N) is 8. The van der Waals surface area contributed by atoms with Gasteiger partial charge < -0.3 is 49.3 Å². The van der Waals surface area contributed by atoms with Crippen LogP contribution in [0, 0.1) is 42.0 Å².